The first-order valence-corrected chi connectivity index (χ1v) is 13.7. The molecule has 3 rings (SSSR count). The number of hydrogen-bond donors (Lipinski definition) is 1. The van der Waals surface area contributed by atoms with Crippen LogP contribution in [0, 0.1) is 11.8 Å². The minimum atomic E-state index is -0.616. The Morgan fingerprint density at radius 3 is 2.13 bits per heavy atom. The van der Waals surface area contributed by atoms with Crippen LogP contribution in [0.2, 0.25) is 0 Å². The van der Waals surface area contributed by atoms with Gasteiger partial charge >= 0.3 is 13.2 Å². The Hall–Kier alpha value is -2.40. The summed E-state index contributed by atoms with van der Waals surface area (Å²) in [7, 11) is 1.50. The van der Waals surface area contributed by atoms with Crippen molar-refractivity contribution in [2.45, 2.75) is 98.0 Å². The minimum Gasteiger partial charge on any atom is -0.444 e. The summed E-state index contributed by atoms with van der Waals surface area (Å²) < 4.78 is 17.6. The summed E-state index contributed by atoms with van der Waals surface area (Å²) >= 11 is 0. The SMILES string of the molecule is CC(C)[C@H](NC(=O)OC(C)(C)C)C(=O)N1CCC(CN(C)c2ncc(B3OC(C)(C)C(C)(C)O3)cn2)CC1. The third kappa shape index (κ3) is 7.37. The largest absolute Gasteiger partial charge is 0.498 e. The Kier molecular flexibility index (Phi) is 9.03. The first kappa shape index (κ1) is 30.2. The van der Waals surface area contributed by atoms with E-state index in [4.69, 9.17) is 14.0 Å². The molecular formula is C27H46BN5O5. The number of likely N-dealkylation sites (tertiary alicyclic amines) is 1. The van der Waals surface area contributed by atoms with Gasteiger partial charge in [0.25, 0.3) is 0 Å². The lowest BCUT2D eigenvalue weighted by atomic mass is 9.81. The highest BCUT2D eigenvalue weighted by Gasteiger charge is 2.52. The normalized spacial score (nSPS) is 20.4. The number of piperidine rings is 1. The number of ether oxygens (including phenoxy) is 1. The molecule has 1 atom stereocenters. The van der Waals surface area contributed by atoms with E-state index in [0.717, 1.165) is 24.8 Å². The number of carbonyl (C=O) groups excluding carboxylic acids is 2. The smallest absolute Gasteiger partial charge is 0.444 e. The monoisotopic (exact) mass is 531 g/mol. The molecule has 11 heteroatoms. The van der Waals surface area contributed by atoms with Crippen molar-refractivity contribution in [3.63, 3.8) is 0 Å². The fourth-order valence-corrected chi connectivity index (χ4v) is 4.58. The van der Waals surface area contributed by atoms with E-state index in [-0.39, 0.29) is 11.8 Å². The molecule has 2 fully saturated rings. The molecule has 1 aromatic heterocycles. The number of alkyl carbamates (subject to hydrolysis) is 1. The maximum atomic E-state index is 13.2. The second kappa shape index (κ2) is 11.4. The average Bonchev–Trinajstić information content (AvgIpc) is 3.03. The van der Waals surface area contributed by atoms with Crippen LogP contribution in [0.15, 0.2) is 12.4 Å². The summed E-state index contributed by atoms with van der Waals surface area (Å²) in [5.41, 5.74) is -0.642. The van der Waals surface area contributed by atoms with E-state index in [9.17, 15) is 9.59 Å². The summed E-state index contributed by atoms with van der Waals surface area (Å²) in [6, 6.07) is -0.611. The Morgan fingerprint density at radius 2 is 1.66 bits per heavy atom. The maximum Gasteiger partial charge on any atom is 0.498 e. The van der Waals surface area contributed by atoms with E-state index in [2.05, 4.69) is 20.2 Å². The number of hydrogen-bond acceptors (Lipinski definition) is 8. The number of anilines is 1. The zero-order valence-electron chi connectivity index (χ0n) is 24.8. The number of nitrogens with one attached hydrogen (secondary N) is 1. The van der Waals surface area contributed by atoms with Gasteiger partial charge in [-0.15, -0.1) is 0 Å². The van der Waals surface area contributed by atoms with Crippen LogP contribution in [-0.4, -0.2) is 83.5 Å². The van der Waals surface area contributed by atoms with E-state index in [0.29, 0.717) is 25.0 Å². The quantitative estimate of drug-likeness (QED) is 0.536. The molecule has 1 aromatic rings. The molecule has 212 valence electrons. The maximum absolute atomic E-state index is 13.2. The van der Waals surface area contributed by atoms with Crippen LogP contribution in [0.5, 0.6) is 0 Å². The second-order valence-electron chi connectivity index (χ2n) is 12.9. The molecule has 2 saturated heterocycles. The predicted molar refractivity (Wildman–Crippen MR) is 148 cm³/mol. The molecular weight excluding hydrogens is 485 g/mol. The van der Waals surface area contributed by atoms with Crippen molar-refractivity contribution in [1.82, 2.24) is 20.2 Å². The predicted octanol–water partition coefficient (Wildman–Crippen LogP) is 3.00. The third-order valence-corrected chi connectivity index (χ3v) is 7.59. The Morgan fingerprint density at radius 1 is 1.13 bits per heavy atom. The van der Waals surface area contributed by atoms with E-state index >= 15 is 0 Å². The fourth-order valence-electron chi connectivity index (χ4n) is 4.58. The van der Waals surface area contributed by atoms with Gasteiger partial charge in [0.1, 0.15) is 11.6 Å². The highest BCUT2D eigenvalue weighted by Crippen LogP contribution is 2.36. The van der Waals surface area contributed by atoms with Gasteiger partial charge in [-0.25, -0.2) is 14.8 Å². The molecule has 0 aliphatic carbocycles. The van der Waals surface area contributed by atoms with Crippen LogP contribution in [0.3, 0.4) is 0 Å². The summed E-state index contributed by atoms with van der Waals surface area (Å²) in [5, 5.41) is 2.77. The molecule has 2 amide bonds. The van der Waals surface area contributed by atoms with Crippen LogP contribution in [0.4, 0.5) is 10.7 Å². The van der Waals surface area contributed by atoms with Crippen LogP contribution in [-0.2, 0) is 18.8 Å². The van der Waals surface area contributed by atoms with Crippen LogP contribution in [0.25, 0.3) is 0 Å². The molecule has 38 heavy (non-hydrogen) atoms. The zero-order valence-corrected chi connectivity index (χ0v) is 24.8. The molecule has 0 radical (unpaired) electrons. The van der Waals surface area contributed by atoms with Crippen molar-refractivity contribution < 1.29 is 23.6 Å². The van der Waals surface area contributed by atoms with Crippen molar-refractivity contribution >= 4 is 30.5 Å². The summed E-state index contributed by atoms with van der Waals surface area (Å²) in [6.45, 7) is 19.5. The minimum absolute atomic E-state index is 0.0452. The number of rotatable bonds is 7. The molecule has 3 heterocycles. The lowest BCUT2D eigenvalue weighted by Crippen LogP contribution is -2.54. The van der Waals surface area contributed by atoms with Crippen molar-refractivity contribution in [3.8, 4) is 0 Å². The molecule has 0 saturated carbocycles. The molecule has 1 N–H and O–H groups in total. The highest BCUT2D eigenvalue weighted by atomic mass is 16.7. The second-order valence-corrected chi connectivity index (χ2v) is 12.9. The molecule has 10 nitrogen and oxygen atoms in total. The van der Waals surface area contributed by atoms with Gasteiger partial charge in [-0.3, -0.25) is 4.79 Å². The number of nitrogens with zero attached hydrogens (tertiary/aromatic N) is 4. The van der Waals surface area contributed by atoms with E-state index < -0.39 is 36.1 Å². The van der Waals surface area contributed by atoms with Gasteiger partial charge in [-0.05, 0) is 73.1 Å². The van der Waals surface area contributed by atoms with E-state index in [1.54, 1.807) is 33.2 Å². The van der Waals surface area contributed by atoms with E-state index in [1.165, 1.54) is 0 Å². The summed E-state index contributed by atoms with van der Waals surface area (Å²) in [6.07, 6.45) is 4.72. The van der Waals surface area contributed by atoms with Gasteiger partial charge < -0.3 is 29.2 Å². The molecule has 0 aromatic carbocycles. The van der Waals surface area contributed by atoms with Crippen LogP contribution >= 0.6 is 0 Å². The van der Waals surface area contributed by atoms with Gasteiger partial charge in [-0.2, -0.15) is 0 Å². The standard InChI is InChI=1S/C27H46BN5O5/c1-18(2)21(31-24(35)36-25(3,4)5)22(34)33-13-11-19(12-14-33)17-32(10)23-29-15-20(16-30-23)28-37-26(6,7)27(8,9)38-28/h15-16,18-19,21H,11-14,17H2,1-10H3,(H,31,35)/t21-/m0/s1. The van der Waals surface area contributed by atoms with E-state index in [1.807, 2.05) is 53.5 Å². The average molecular weight is 532 g/mol. The number of aromatic nitrogens is 2. The van der Waals surface area contributed by atoms with Crippen molar-refractivity contribution in [3.05, 3.63) is 12.4 Å². The van der Waals surface area contributed by atoms with Gasteiger partial charge in [0.15, 0.2) is 0 Å². The first-order chi connectivity index (χ1) is 17.5. The lowest BCUT2D eigenvalue weighted by molar-refractivity contribution is -0.136. The zero-order chi connectivity index (χ0) is 28.5. The first-order valence-electron chi connectivity index (χ1n) is 13.7. The van der Waals surface area contributed by atoms with Gasteiger partial charge in [0, 0.05) is 44.5 Å². The Labute approximate surface area is 228 Å². The van der Waals surface area contributed by atoms with Crippen molar-refractivity contribution in [2.24, 2.45) is 11.8 Å². The lowest BCUT2D eigenvalue weighted by Gasteiger charge is -2.36. The Bertz CT molecular complexity index is 955. The van der Waals surface area contributed by atoms with Gasteiger partial charge in [0.2, 0.25) is 11.9 Å². The van der Waals surface area contributed by atoms with Crippen LogP contribution in [0.1, 0.15) is 75.2 Å². The number of carbonyl (C=O) groups is 2. The molecule has 2 aliphatic rings. The summed E-state index contributed by atoms with van der Waals surface area (Å²) in [4.78, 5) is 38.5. The highest BCUT2D eigenvalue weighted by molar-refractivity contribution is 6.61. The molecule has 0 bridgehead atoms. The fraction of sp³-hybridized carbons (Fsp3) is 0.778. The third-order valence-electron chi connectivity index (χ3n) is 7.59. The summed E-state index contributed by atoms with van der Waals surface area (Å²) in [5.74, 6) is 0.951. The molecule has 0 spiro atoms. The topological polar surface area (TPSA) is 106 Å². The Balaban J connectivity index is 1.51. The van der Waals surface area contributed by atoms with Gasteiger partial charge in [0.05, 0.1) is 11.2 Å². The number of amides is 2. The van der Waals surface area contributed by atoms with Gasteiger partial charge in [-0.1, -0.05) is 13.8 Å². The molecule has 0 unspecified atom stereocenters. The van der Waals surface area contributed by atoms with Crippen molar-refractivity contribution in [2.75, 3.05) is 31.6 Å². The van der Waals surface area contributed by atoms with Crippen LogP contribution < -0.4 is 15.7 Å². The van der Waals surface area contributed by atoms with Crippen molar-refractivity contribution in [1.29, 1.82) is 0 Å². The molecule has 2 aliphatic heterocycles.